The van der Waals surface area contributed by atoms with E-state index in [4.69, 9.17) is 4.74 Å². The molecule has 0 radical (unpaired) electrons. The van der Waals surface area contributed by atoms with Gasteiger partial charge in [0, 0.05) is 37.6 Å². The van der Waals surface area contributed by atoms with Crippen LogP contribution in [0.15, 0.2) is 73.0 Å². The lowest BCUT2D eigenvalue weighted by molar-refractivity contribution is -0.147. The van der Waals surface area contributed by atoms with Crippen LogP contribution in [0.4, 0.5) is 5.69 Å². The molecule has 1 amide bonds. The Balaban J connectivity index is 1.42. The summed E-state index contributed by atoms with van der Waals surface area (Å²) < 4.78 is 7.54. The SMILES string of the molecule is Cc1csc(=O)n1CCC(=O)OCC(=O)Nc1ccc(Sc2ccc(Br)cc2)cc1. The number of carbonyl (C=O) groups excluding carboxylic acids is 2. The number of esters is 1. The van der Waals surface area contributed by atoms with Crippen LogP contribution in [0.3, 0.4) is 0 Å². The number of hydrogen-bond acceptors (Lipinski definition) is 6. The lowest BCUT2D eigenvalue weighted by Gasteiger charge is -2.08. The number of benzene rings is 2. The number of hydrogen-bond donors (Lipinski definition) is 1. The average Bonchev–Trinajstić information content (AvgIpc) is 3.05. The molecule has 1 N–H and O–H groups in total. The highest BCUT2D eigenvalue weighted by Crippen LogP contribution is 2.29. The molecule has 0 atom stereocenters. The molecule has 3 aromatic rings. The maximum absolute atomic E-state index is 12.0. The van der Waals surface area contributed by atoms with E-state index < -0.39 is 11.9 Å². The first-order chi connectivity index (χ1) is 14.4. The number of nitrogens with one attached hydrogen (secondary N) is 1. The van der Waals surface area contributed by atoms with E-state index in [1.54, 1.807) is 36.2 Å². The average molecular weight is 507 g/mol. The van der Waals surface area contributed by atoms with Crippen molar-refractivity contribution in [3.8, 4) is 0 Å². The fraction of sp³-hybridized carbons (Fsp3) is 0.190. The van der Waals surface area contributed by atoms with Gasteiger partial charge in [0.05, 0.1) is 6.42 Å². The Bertz CT molecular complexity index is 1080. The van der Waals surface area contributed by atoms with Crippen LogP contribution in [0, 0.1) is 6.92 Å². The fourth-order valence-electron chi connectivity index (χ4n) is 2.54. The summed E-state index contributed by atoms with van der Waals surface area (Å²) in [4.78, 5) is 37.5. The molecule has 0 aliphatic carbocycles. The molecule has 1 aromatic heterocycles. The normalized spacial score (nSPS) is 10.6. The zero-order valence-corrected chi connectivity index (χ0v) is 19.3. The van der Waals surface area contributed by atoms with Gasteiger partial charge in [0.15, 0.2) is 6.61 Å². The third kappa shape index (κ3) is 6.58. The second-order valence-electron chi connectivity index (χ2n) is 6.33. The van der Waals surface area contributed by atoms with Crippen molar-refractivity contribution in [2.24, 2.45) is 0 Å². The van der Waals surface area contributed by atoms with Gasteiger partial charge < -0.3 is 14.6 Å². The van der Waals surface area contributed by atoms with Crippen LogP contribution in [-0.4, -0.2) is 23.1 Å². The Labute approximate surface area is 190 Å². The Morgan fingerprint density at radius 3 is 2.33 bits per heavy atom. The molecular weight excluding hydrogens is 488 g/mol. The second-order valence-corrected chi connectivity index (χ2v) is 9.22. The molecule has 0 aliphatic heterocycles. The number of aromatic nitrogens is 1. The predicted octanol–water partition coefficient (Wildman–Crippen LogP) is 4.70. The van der Waals surface area contributed by atoms with Crippen molar-refractivity contribution in [2.75, 3.05) is 11.9 Å². The monoisotopic (exact) mass is 506 g/mol. The zero-order valence-electron chi connectivity index (χ0n) is 16.1. The molecule has 0 saturated heterocycles. The van der Waals surface area contributed by atoms with Gasteiger partial charge in [-0.2, -0.15) is 0 Å². The predicted molar refractivity (Wildman–Crippen MR) is 122 cm³/mol. The minimum absolute atomic E-state index is 0.0345. The van der Waals surface area contributed by atoms with E-state index in [-0.39, 0.29) is 24.4 Å². The highest BCUT2D eigenvalue weighted by molar-refractivity contribution is 9.10. The lowest BCUT2D eigenvalue weighted by atomic mass is 10.3. The molecule has 0 saturated carbocycles. The number of amides is 1. The molecule has 0 spiro atoms. The molecule has 0 aliphatic rings. The van der Waals surface area contributed by atoms with E-state index in [0.29, 0.717) is 5.69 Å². The number of aryl methyl sites for hydroxylation is 1. The maximum atomic E-state index is 12.0. The topological polar surface area (TPSA) is 77.4 Å². The van der Waals surface area contributed by atoms with Gasteiger partial charge >= 0.3 is 10.8 Å². The van der Waals surface area contributed by atoms with Crippen molar-refractivity contribution in [1.29, 1.82) is 0 Å². The minimum Gasteiger partial charge on any atom is -0.456 e. The van der Waals surface area contributed by atoms with Gasteiger partial charge in [-0.1, -0.05) is 39.0 Å². The van der Waals surface area contributed by atoms with Crippen LogP contribution in [0.25, 0.3) is 0 Å². The molecule has 6 nitrogen and oxygen atoms in total. The van der Waals surface area contributed by atoms with Crippen molar-refractivity contribution < 1.29 is 14.3 Å². The number of halogens is 1. The van der Waals surface area contributed by atoms with Gasteiger partial charge in [-0.05, 0) is 55.5 Å². The largest absolute Gasteiger partial charge is 0.456 e. The Morgan fingerprint density at radius 1 is 1.10 bits per heavy atom. The van der Waals surface area contributed by atoms with E-state index >= 15 is 0 Å². The van der Waals surface area contributed by atoms with E-state index in [2.05, 4.69) is 21.2 Å². The van der Waals surface area contributed by atoms with E-state index in [1.165, 1.54) is 4.57 Å². The standard InChI is InChI=1S/C21H19BrN2O4S2/c1-14-13-29-21(27)24(14)11-10-20(26)28-12-19(25)23-16-4-8-18(9-5-16)30-17-6-2-15(22)3-7-17/h2-9,13H,10-12H2,1H3,(H,23,25). The Morgan fingerprint density at radius 2 is 1.73 bits per heavy atom. The fourth-order valence-corrected chi connectivity index (χ4v) is 4.38. The molecule has 0 unspecified atom stereocenters. The first kappa shape index (κ1) is 22.3. The molecule has 1 heterocycles. The van der Waals surface area contributed by atoms with Crippen molar-refractivity contribution in [2.45, 2.75) is 29.7 Å². The summed E-state index contributed by atoms with van der Waals surface area (Å²) in [6.45, 7) is 1.68. The summed E-state index contributed by atoms with van der Waals surface area (Å²) >= 11 is 6.12. The molecule has 2 aromatic carbocycles. The first-order valence-electron chi connectivity index (χ1n) is 9.04. The summed E-state index contributed by atoms with van der Waals surface area (Å²) in [5.41, 5.74) is 1.42. The number of nitrogens with zero attached hydrogens (tertiary/aromatic N) is 1. The quantitative estimate of drug-likeness (QED) is 0.447. The Kier molecular flexibility index (Phi) is 7.89. The molecule has 3 rings (SSSR count). The molecule has 30 heavy (non-hydrogen) atoms. The third-order valence-electron chi connectivity index (χ3n) is 4.07. The smallest absolute Gasteiger partial charge is 0.308 e. The van der Waals surface area contributed by atoms with E-state index in [0.717, 1.165) is 31.3 Å². The van der Waals surface area contributed by atoms with Crippen LogP contribution >= 0.6 is 39.0 Å². The van der Waals surface area contributed by atoms with Crippen molar-refractivity contribution in [3.05, 3.63) is 73.7 Å². The molecule has 156 valence electrons. The summed E-state index contributed by atoms with van der Waals surface area (Å²) in [6, 6.07) is 15.4. The molecular formula is C21H19BrN2O4S2. The summed E-state index contributed by atoms with van der Waals surface area (Å²) in [5.74, 6) is -0.940. The third-order valence-corrected chi connectivity index (χ3v) is 6.49. The number of ether oxygens (including phenoxy) is 1. The van der Waals surface area contributed by atoms with E-state index in [9.17, 15) is 14.4 Å². The van der Waals surface area contributed by atoms with E-state index in [1.807, 2.05) is 36.4 Å². The Hall–Kier alpha value is -2.36. The number of anilines is 1. The van der Waals surface area contributed by atoms with Gasteiger partial charge in [0.25, 0.3) is 5.91 Å². The van der Waals surface area contributed by atoms with Crippen LogP contribution in [0.5, 0.6) is 0 Å². The van der Waals surface area contributed by atoms with Crippen molar-refractivity contribution in [3.63, 3.8) is 0 Å². The number of carbonyl (C=O) groups is 2. The summed E-state index contributed by atoms with van der Waals surface area (Å²) in [5, 5.41) is 4.44. The summed E-state index contributed by atoms with van der Waals surface area (Å²) in [6.07, 6.45) is 0.0345. The second kappa shape index (κ2) is 10.6. The molecule has 0 bridgehead atoms. The lowest BCUT2D eigenvalue weighted by Crippen LogP contribution is -2.22. The van der Waals surface area contributed by atoms with Gasteiger partial charge in [0.1, 0.15) is 0 Å². The van der Waals surface area contributed by atoms with Gasteiger partial charge in [-0.15, -0.1) is 0 Å². The van der Waals surface area contributed by atoms with Crippen LogP contribution in [0.2, 0.25) is 0 Å². The highest BCUT2D eigenvalue weighted by Gasteiger charge is 2.10. The van der Waals surface area contributed by atoms with Crippen LogP contribution in [0.1, 0.15) is 12.1 Å². The first-order valence-corrected chi connectivity index (χ1v) is 11.5. The summed E-state index contributed by atoms with van der Waals surface area (Å²) in [7, 11) is 0. The minimum atomic E-state index is -0.524. The van der Waals surface area contributed by atoms with Crippen molar-refractivity contribution in [1.82, 2.24) is 4.57 Å². The van der Waals surface area contributed by atoms with Gasteiger partial charge in [-0.3, -0.25) is 14.4 Å². The number of rotatable bonds is 8. The van der Waals surface area contributed by atoms with Crippen molar-refractivity contribution >= 4 is 56.6 Å². The molecule has 9 heteroatoms. The maximum Gasteiger partial charge on any atom is 0.308 e. The van der Waals surface area contributed by atoms with Gasteiger partial charge in [-0.25, -0.2) is 0 Å². The zero-order chi connectivity index (χ0) is 21.5. The molecule has 0 fully saturated rings. The van der Waals surface area contributed by atoms with Crippen LogP contribution in [-0.2, 0) is 20.9 Å². The highest BCUT2D eigenvalue weighted by atomic mass is 79.9. The van der Waals surface area contributed by atoms with Crippen LogP contribution < -0.4 is 10.2 Å². The van der Waals surface area contributed by atoms with Gasteiger partial charge in [0.2, 0.25) is 0 Å². The number of thiazole rings is 1.